The Balaban J connectivity index is 3.96. The fourth-order valence-corrected chi connectivity index (χ4v) is 2.07. The molecule has 1 radical (unpaired) electrons. The Hall–Kier alpha value is -0.610. The molecule has 0 saturated carbocycles. The second kappa shape index (κ2) is 9.32. The fraction of sp³-hybridized carbons (Fsp3) is 0.867. The van der Waals surface area contributed by atoms with Crippen LogP contribution in [-0.4, -0.2) is 12.3 Å². The van der Waals surface area contributed by atoms with Gasteiger partial charge in [0.15, 0.2) is 0 Å². The van der Waals surface area contributed by atoms with Crippen LogP contribution in [0.4, 0.5) is 0 Å². The first-order valence-electron chi connectivity index (χ1n) is 7.08. The summed E-state index contributed by atoms with van der Waals surface area (Å²) in [6, 6.07) is 0. The summed E-state index contributed by atoms with van der Waals surface area (Å²) >= 11 is 0. The molecule has 0 aliphatic rings. The van der Waals surface area contributed by atoms with Crippen LogP contribution in [0.1, 0.15) is 67.2 Å². The third-order valence-electron chi connectivity index (χ3n) is 2.54. The van der Waals surface area contributed by atoms with Crippen molar-refractivity contribution in [2.24, 2.45) is 11.3 Å². The monoisotopic (exact) mass is 273 g/mol. The van der Waals surface area contributed by atoms with E-state index < -0.39 is 6.29 Å². The molecule has 2 unspecified atom stereocenters. The topological polar surface area (TPSA) is 44.8 Å². The second-order valence-electron chi connectivity index (χ2n) is 6.22. The summed E-state index contributed by atoms with van der Waals surface area (Å²) in [5.41, 5.74) is 0.214. The first-order valence-corrected chi connectivity index (χ1v) is 7.08. The van der Waals surface area contributed by atoms with Gasteiger partial charge >= 0.3 is 5.97 Å². The highest BCUT2D eigenvalue weighted by Crippen LogP contribution is 2.26. The summed E-state index contributed by atoms with van der Waals surface area (Å²) in [5.74, 6) is -0.0584. The molecule has 0 aromatic carbocycles. The lowest BCUT2D eigenvalue weighted by molar-refractivity contribution is -0.347. The number of carbonyl (C=O) groups is 1. The molecular formula is C15H29O4. The highest BCUT2D eigenvalue weighted by Gasteiger charge is 2.20. The first-order chi connectivity index (χ1) is 8.78. The minimum atomic E-state index is -0.503. The van der Waals surface area contributed by atoms with Crippen molar-refractivity contribution >= 4 is 5.97 Å². The summed E-state index contributed by atoms with van der Waals surface area (Å²) in [4.78, 5) is 21.5. The molecule has 0 aromatic heterocycles. The maximum absolute atomic E-state index is 11.6. The lowest BCUT2D eigenvalue weighted by atomic mass is 9.84. The Morgan fingerprint density at radius 3 is 2.42 bits per heavy atom. The normalized spacial score (nSPS) is 15.1. The molecule has 0 saturated heterocycles. The third-order valence-corrected chi connectivity index (χ3v) is 2.54. The van der Waals surface area contributed by atoms with Crippen LogP contribution in [0.3, 0.4) is 0 Å². The van der Waals surface area contributed by atoms with Crippen LogP contribution < -0.4 is 0 Å². The van der Waals surface area contributed by atoms with Gasteiger partial charge in [-0.15, -0.1) is 0 Å². The number of hydrogen-bond donors (Lipinski definition) is 0. The van der Waals surface area contributed by atoms with Gasteiger partial charge < -0.3 is 4.74 Å². The summed E-state index contributed by atoms with van der Waals surface area (Å²) in [5, 5.41) is 0. The van der Waals surface area contributed by atoms with Gasteiger partial charge in [0.05, 0.1) is 13.0 Å². The maximum atomic E-state index is 11.6. The van der Waals surface area contributed by atoms with Crippen LogP contribution >= 0.6 is 0 Å². The fourth-order valence-electron chi connectivity index (χ4n) is 2.07. The summed E-state index contributed by atoms with van der Waals surface area (Å²) < 4.78 is 5.19. The highest BCUT2D eigenvalue weighted by atomic mass is 17.2. The highest BCUT2D eigenvalue weighted by molar-refractivity contribution is 5.68. The van der Waals surface area contributed by atoms with Crippen LogP contribution in [-0.2, 0) is 19.3 Å². The molecule has 113 valence electrons. The van der Waals surface area contributed by atoms with E-state index in [1.807, 2.05) is 13.8 Å². The number of carbonyl (C=O) groups excluding carboxylic acids is 1. The van der Waals surface area contributed by atoms with Gasteiger partial charge in [0.2, 0.25) is 6.29 Å². The molecule has 0 aliphatic heterocycles. The van der Waals surface area contributed by atoms with Crippen LogP contribution in [0.2, 0.25) is 0 Å². The molecule has 0 spiro atoms. The molecule has 4 heteroatoms. The summed E-state index contributed by atoms with van der Waals surface area (Å²) in [6.07, 6.45) is 2.43. The van der Waals surface area contributed by atoms with E-state index in [0.29, 0.717) is 12.8 Å². The van der Waals surface area contributed by atoms with Gasteiger partial charge in [0.1, 0.15) is 0 Å². The maximum Gasteiger partial charge on any atom is 0.342 e. The van der Waals surface area contributed by atoms with E-state index in [9.17, 15) is 4.79 Å². The van der Waals surface area contributed by atoms with Gasteiger partial charge in [-0.05, 0) is 24.7 Å². The van der Waals surface area contributed by atoms with Gasteiger partial charge in [-0.2, -0.15) is 4.89 Å². The predicted molar refractivity (Wildman–Crippen MR) is 74.8 cm³/mol. The van der Waals surface area contributed by atoms with Crippen molar-refractivity contribution in [3.8, 4) is 0 Å². The van der Waals surface area contributed by atoms with E-state index in [1.54, 1.807) is 6.92 Å². The quantitative estimate of drug-likeness (QED) is 0.358. The van der Waals surface area contributed by atoms with Gasteiger partial charge in [0, 0.05) is 6.42 Å². The molecule has 0 aliphatic carbocycles. The van der Waals surface area contributed by atoms with E-state index in [4.69, 9.17) is 14.5 Å². The lowest BCUT2D eigenvalue weighted by Crippen LogP contribution is -2.20. The van der Waals surface area contributed by atoms with Gasteiger partial charge in [0.25, 0.3) is 0 Å². The van der Waals surface area contributed by atoms with Crippen molar-refractivity contribution in [2.45, 2.75) is 73.5 Å². The van der Waals surface area contributed by atoms with Gasteiger partial charge in [-0.3, -0.25) is 4.89 Å². The summed E-state index contributed by atoms with van der Waals surface area (Å²) in [7, 11) is 0. The van der Waals surface area contributed by atoms with Crippen molar-refractivity contribution in [1.82, 2.24) is 0 Å². The van der Waals surface area contributed by atoms with Crippen LogP contribution in [0.15, 0.2) is 0 Å². The molecule has 0 heterocycles. The Kier molecular flexibility index (Phi) is 9.02. The van der Waals surface area contributed by atoms with E-state index in [0.717, 1.165) is 12.8 Å². The molecule has 4 nitrogen and oxygen atoms in total. The molecule has 2 atom stereocenters. The first kappa shape index (κ1) is 18.4. The van der Waals surface area contributed by atoms with Crippen molar-refractivity contribution in [3.05, 3.63) is 6.61 Å². The number of hydrogen-bond acceptors (Lipinski definition) is 4. The predicted octanol–water partition coefficient (Wildman–Crippen LogP) is 4.25. The zero-order chi connectivity index (χ0) is 14.9. The van der Waals surface area contributed by atoms with Crippen LogP contribution in [0.25, 0.3) is 0 Å². The average molecular weight is 273 g/mol. The van der Waals surface area contributed by atoms with Gasteiger partial charge in [-0.25, -0.2) is 4.79 Å². The van der Waals surface area contributed by atoms with Crippen molar-refractivity contribution in [3.63, 3.8) is 0 Å². The molecule has 0 N–H and O–H groups in total. The smallest absolute Gasteiger partial charge is 0.342 e. The number of rotatable bonds is 9. The van der Waals surface area contributed by atoms with Crippen molar-refractivity contribution in [2.75, 3.05) is 0 Å². The Morgan fingerprint density at radius 1 is 1.32 bits per heavy atom. The number of ether oxygens (including phenoxy) is 1. The zero-order valence-corrected chi connectivity index (χ0v) is 13.2. The average Bonchev–Trinajstić information content (AvgIpc) is 2.23. The molecule has 0 bridgehead atoms. The Labute approximate surface area is 117 Å². The molecule has 0 fully saturated rings. The molecule has 0 amide bonds. The minimum absolute atomic E-state index is 0.214. The zero-order valence-electron chi connectivity index (χ0n) is 13.2. The van der Waals surface area contributed by atoms with Crippen molar-refractivity contribution in [1.29, 1.82) is 0 Å². The second-order valence-corrected chi connectivity index (χ2v) is 6.22. The summed E-state index contributed by atoms with van der Waals surface area (Å²) in [6.45, 7) is 13.8. The standard InChI is InChI=1S/C15H29O4/c1-7-9-14(17-8-2)19-18-13(16)10-12(3)11-15(4,5)6/h8,12,14H,7,9-11H2,1-6H3. The Bertz CT molecular complexity index is 239. The molecule has 19 heavy (non-hydrogen) atoms. The van der Waals surface area contributed by atoms with Crippen molar-refractivity contribution < 1.29 is 19.3 Å². The SMILES string of the molecule is C[CH]OC(CCC)OOC(=O)CC(C)CC(C)(C)C. The minimum Gasteiger partial charge on any atom is -0.343 e. The van der Waals surface area contributed by atoms with E-state index >= 15 is 0 Å². The van der Waals surface area contributed by atoms with Gasteiger partial charge in [-0.1, -0.05) is 41.0 Å². The Morgan fingerprint density at radius 2 is 1.95 bits per heavy atom. The van der Waals surface area contributed by atoms with Crippen LogP contribution in [0.5, 0.6) is 0 Å². The molecule has 0 aromatic rings. The third kappa shape index (κ3) is 11.0. The van der Waals surface area contributed by atoms with Crippen LogP contribution in [0, 0.1) is 17.9 Å². The van der Waals surface area contributed by atoms with E-state index in [2.05, 4.69) is 20.8 Å². The lowest BCUT2D eigenvalue weighted by Gasteiger charge is -2.22. The molecule has 0 rings (SSSR count). The largest absolute Gasteiger partial charge is 0.343 e. The van der Waals surface area contributed by atoms with E-state index in [-0.39, 0.29) is 17.3 Å². The molecular weight excluding hydrogens is 244 g/mol. The van der Waals surface area contributed by atoms with E-state index in [1.165, 1.54) is 6.61 Å².